The molecule has 2 rings (SSSR count). The summed E-state index contributed by atoms with van der Waals surface area (Å²) in [6.45, 7) is 1.98. The highest BCUT2D eigenvalue weighted by atomic mass is 19.1. The lowest BCUT2D eigenvalue weighted by molar-refractivity contribution is -0.131. The van der Waals surface area contributed by atoms with Gasteiger partial charge in [0.2, 0.25) is 0 Å². The number of carboxylic acids is 1. The van der Waals surface area contributed by atoms with Crippen molar-refractivity contribution in [3.8, 4) is 0 Å². The number of anilines is 1. The highest BCUT2D eigenvalue weighted by molar-refractivity contribution is 5.90. The van der Waals surface area contributed by atoms with Crippen LogP contribution in [0.25, 0.3) is 6.08 Å². The van der Waals surface area contributed by atoms with E-state index in [4.69, 9.17) is 9.84 Å². The molecule has 1 heterocycles. The zero-order valence-electron chi connectivity index (χ0n) is 11.2. The number of nitrogens with one attached hydrogen (secondary N) is 1. The van der Waals surface area contributed by atoms with Gasteiger partial charge < -0.3 is 20.1 Å². The average molecular weight is 294 g/mol. The molecule has 0 radical (unpaired) electrons. The van der Waals surface area contributed by atoms with Crippen LogP contribution in [0.1, 0.15) is 5.56 Å². The van der Waals surface area contributed by atoms with E-state index in [0.29, 0.717) is 32.0 Å². The number of rotatable bonds is 3. The molecule has 0 spiro atoms. The summed E-state index contributed by atoms with van der Waals surface area (Å²) >= 11 is 0. The summed E-state index contributed by atoms with van der Waals surface area (Å²) < 4.78 is 18.7. The molecule has 112 valence electrons. The molecule has 1 saturated heterocycles. The van der Waals surface area contributed by atoms with Crippen LogP contribution in [-0.2, 0) is 9.53 Å². The van der Waals surface area contributed by atoms with E-state index >= 15 is 0 Å². The molecular weight excluding hydrogens is 279 g/mol. The van der Waals surface area contributed by atoms with Crippen molar-refractivity contribution in [3.05, 3.63) is 35.7 Å². The van der Waals surface area contributed by atoms with E-state index < -0.39 is 11.8 Å². The fourth-order valence-corrected chi connectivity index (χ4v) is 1.88. The number of nitrogens with zero attached hydrogens (tertiary/aromatic N) is 1. The summed E-state index contributed by atoms with van der Waals surface area (Å²) in [5, 5.41) is 11.2. The number of morpholine rings is 1. The number of carboxylic acid groups (broad SMARTS) is 1. The van der Waals surface area contributed by atoms with Crippen LogP contribution in [0.3, 0.4) is 0 Å². The Labute approximate surface area is 120 Å². The first-order valence-electron chi connectivity index (χ1n) is 6.40. The topological polar surface area (TPSA) is 78.9 Å². The maximum absolute atomic E-state index is 13.5. The molecule has 1 aromatic carbocycles. The first-order chi connectivity index (χ1) is 10.1. The predicted molar refractivity (Wildman–Crippen MR) is 74.5 cm³/mol. The van der Waals surface area contributed by atoms with Crippen LogP contribution in [0.15, 0.2) is 24.3 Å². The number of carbonyl (C=O) groups excluding carboxylic acids is 1. The Bertz CT molecular complexity index is 568. The van der Waals surface area contributed by atoms with Crippen LogP contribution < -0.4 is 5.32 Å². The number of hydrogen-bond donors (Lipinski definition) is 2. The van der Waals surface area contributed by atoms with Gasteiger partial charge in [0.1, 0.15) is 5.82 Å². The van der Waals surface area contributed by atoms with Crippen molar-refractivity contribution >= 4 is 23.8 Å². The lowest BCUT2D eigenvalue weighted by atomic mass is 10.1. The third-order valence-corrected chi connectivity index (χ3v) is 2.95. The number of aliphatic carboxylic acids is 1. The van der Waals surface area contributed by atoms with E-state index in [2.05, 4.69) is 5.32 Å². The molecule has 0 saturated carbocycles. The van der Waals surface area contributed by atoms with Gasteiger partial charge in [-0.05, 0) is 24.3 Å². The van der Waals surface area contributed by atoms with E-state index in [9.17, 15) is 14.0 Å². The van der Waals surface area contributed by atoms with Crippen LogP contribution in [0.4, 0.5) is 14.9 Å². The minimum atomic E-state index is -1.17. The molecule has 0 atom stereocenters. The Hall–Kier alpha value is -2.41. The van der Waals surface area contributed by atoms with Gasteiger partial charge in [-0.1, -0.05) is 0 Å². The van der Waals surface area contributed by atoms with Crippen LogP contribution >= 0.6 is 0 Å². The first-order valence-corrected chi connectivity index (χ1v) is 6.40. The lowest BCUT2D eigenvalue weighted by Crippen LogP contribution is -2.43. The predicted octanol–water partition coefficient (Wildman–Crippen LogP) is 1.79. The van der Waals surface area contributed by atoms with Crippen LogP contribution in [0.2, 0.25) is 0 Å². The smallest absolute Gasteiger partial charge is 0.328 e. The van der Waals surface area contributed by atoms with Crippen molar-refractivity contribution in [2.45, 2.75) is 0 Å². The minimum Gasteiger partial charge on any atom is -0.478 e. The molecule has 7 heteroatoms. The Kier molecular flexibility index (Phi) is 4.89. The van der Waals surface area contributed by atoms with Gasteiger partial charge in [-0.3, -0.25) is 0 Å². The van der Waals surface area contributed by atoms with Crippen molar-refractivity contribution < 1.29 is 23.8 Å². The van der Waals surface area contributed by atoms with E-state index in [1.165, 1.54) is 18.2 Å². The summed E-state index contributed by atoms with van der Waals surface area (Å²) in [6.07, 6.45) is 1.98. The van der Waals surface area contributed by atoms with Crippen LogP contribution in [0.5, 0.6) is 0 Å². The second-order valence-electron chi connectivity index (χ2n) is 4.44. The highest BCUT2D eigenvalue weighted by Gasteiger charge is 2.16. The monoisotopic (exact) mass is 294 g/mol. The Balaban J connectivity index is 2.07. The van der Waals surface area contributed by atoms with E-state index in [1.54, 1.807) is 4.90 Å². The maximum atomic E-state index is 13.5. The van der Waals surface area contributed by atoms with Gasteiger partial charge in [0.15, 0.2) is 0 Å². The Morgan fingerprint density at radius 1 is 1.33 bits per heavy atom. The van der Waals surface area contributed by atoms with Gasteiger partial charge in [-0.15, -0.1) is 0 Å². The van der Waals surface area contributed by atoms with Gasteiger partial charge in [-0.25, -0.2) is 14.0 Å². The minimum absolute atomic E-state index is 0.0946. The molecule has 1 aliphatic rings. The van der Waals surface area contributed by atoms with Gasteiger partial charge >= 0.3 is 12.0 Å². The van der Waals surface area contributed by atoms with Gasteiger partial charge in [0, 0.05) is 30.4 Å². The number of benzene rings is 1. The molecule has 0 aromatic heterocycles. The number of halogens is 1. The second-order valence-corrected chi connectivity index (χ2v) is 4.44. The molecule has 6 nitrogen and oxygen atoms in total. The molecule has 2 amide bonds. The number of carbonyl (C=O) groups is 2. The fourth-order valence-electron chi connectivity index (χ4n) is 1.88. The molecular formula is C14H15FN2O4. The third-order valence-electron chi connectivity index (χ3n) is 2.95. The van der Waals surface area contributed by atoms with Gasteiger partial charge in [0.05, 0.1) is 13.2 Å². The zero-order valence-corrected chi connectivity index (χ0v) is 11.2. The summed E-state index contributed by atoms with van der Waals surface area (Å²) in [5.41, 5.74) is 0.495. The first kappa shape index (κ1) is 15.0. The number of amides is 2. The standard InChI is InChI=1S/C14H15FN2O4/c15-12-3-2-11(9-10(12)1-4-13(18)19)16-14(20)17-5-7-21-8-6-17/h1-4,9H,5-8H2,(H,16,20)(H,18,19)/b4-1+. The Morgan fingerprint density at radius 3 is 2.71 bits per heavy atom. The van der Waals surface area contributed by atoms with Gasteiger partial charge in [-0.2, -0.15) is 0 Å². The number of ether oxygens (including phenoxy) is 1. The molecule has 2 N–H and O–H groups in total. The van der Waals surface area contributed by atoms with Crippen LogP contribution in [0, 0.1) is 5.82 Å². The van der Waals surface area contributed by atoms with Crippen molar-refractivity contribution in [2.75, 3.05) is 31.6 Å². The SMILES string of the molecule is O=C(O)/C=C/c1cc(NC(=O)N2CCOCC2)ccc1F. The zero-order chi connectivity index (χ0) is 15.2. The van der Waals surface area contributed by atoms with Crippen molar-refractivity contribution in [1.82, 2.24) is 4.90 Å². The molecule has 0 unspecified atom stereocenters. The Morgan fingerprint density at radius 2 is 2.05 bits per heavy atom. The largest absolute Gasteiger partial charge is 0.478 e. The fraction of sp³-hybridized carbons (Fsp3) is 0.286. The van der Waals surface area contributed by atoms with E-state index in [-0.39, 0.29) is 11.6 Å². The van der Waals surface area contributed by atoms with E-state index in [0.717, 1.165) is 12.2 Å². The summed E-state index contributed by atoms with van der Waals surface area (Å²) in [5.74, 6) is -1.73. The van der Waals surface area contributed by atoms with Gasteiger partial charge in [0.25, 0.3) is 0 Å². The quantitative estimate of drug-likeness (QED) is 0.833. The maximum Gasteiger partial charge on any atom is 0.328 e. The molecule has 0 bridgehead atoms. The van der Waals surface area contributed by atoms with Crippen molar-refractivity contribution in [3.63, 3.8) is 0 Å². The highest BCUT2D eigenvalue weighted by Crippen LogP contribution is 2.17. The van der Waals surface area contributed by atoms with Crippen molar-refractivity contribution in [1.29, 1.82) is 0 Å². The third kappa shape index (κ3) is 4.28. The van der Waals surface area contributed by atoms with Crippen LogP contribution in [-0.4, -0.2) is 48.3 Å². The number of hydrogen-bond acceptors (Lipinski definition) is 3. The molecule has 0 aliphatic carbocycles. The summed E-state index contributed by atoms with van der Waals surface area (Å²) in [7, 11) is 0. The molecule has 1 aliphatic heterocycles. The summed E-state index contributed by atoms with van der Waals surface area (Å²) in [4.78, 5) is 24.0. The lowest BCUT2D eigenvalue weighted by Gasteiger charge is -2.27. The molecule has 1 fully saturated rings. The average Bonchev–Trinajstić information content (AvgIpc) is 2.48. The van der Waals surface area contributed by atoms with E-state index in [1.807, 2.05) is 0 Å². The number of urea groups is 1. The summed E-state index contributed by atoms with van der Waals surface area (Å²) in [6, 6.07) is 3.69. The molecule has 1 aromatic rings. The second kappa shape index (κ2) is 6.85. The van der Waals surface area contributed by atoms with Crippen molar-refractivity contribution in [2.24, 2.45) is 0 Å². The normalized spacial score (nSPS) is 15.2. The molecule has 21 heavy (non-hydrogen) atoms.